The van der Waals surface area contributed by atoms with E-state index in [0.717, 1.165) is 61.6 Å². The maximum absolute atomic E-state index is 6.26. The van der Waals surface area contributed by atoms with Gasteiger partial charge in [-0.25, -0.2) is 9.97 Å². The minimum atomic E-state index is 0.388. The fourth-order valence-electron chi connectivity index (χ4n) is 6.72. The number of nitrogens with zero attached hydrogens (tertiary/aromatic N) is 5. The van der Waals surface area contributed by atoms with E-state index >= 15 is 0 Å². The second-order valence-electron chi connectivity index (χ2n) is 12.0. The smallest absolute Gasteiger partial charge is 0.224 e. The van der Waals surface area contributed by atoms with Gasteiger partial charge in [-0.1, -0.05) is 37.0 Å². The number of imidazole rings is 1. The van der Waals surface area contributed by atoms with Crippen molar-refractivity contribution in [1.82, 2.24) is 24.4 Å². The molecule has 1 aliphatic heterocycles. The van der Waals surface area contributed by atoms with Gasteiger partial charge in [-0.15, -0.1) is 0 Å². The Labute approximate surface area is 233 Å². The molecule has 1 saturated heterocycles. The van der Waals surface area contributed by atoms with Crippen molar-refractivity contribution in [2.45, 2.75) is 103 Å². The van der Waals surface area contributed by atoms with Gasteiger partial charge in [0.25, 0.3) is 0 Å². The second-order valence-corrected chi connectivity index (χ2v) is 12.0. The molecule has 8 nitrogen and oxygen atoms in total. The number of piperidine rings is 1. The van der Waals surface area contributed by atoms with Crippen LogP contribution in [0.5, 0.6) is 0 Å². The molecule has 0 spiro atoms. The summed E-state index contributed by atoms with van der Waals surface area (Å²) in [5.74, 6) is 1.59. The summed E-state index contributed by atoms with van der Waals surface area (Å²) in [4.78, 5) is 17.2. The van der Waals surface area contributed by atoms with Crippen molar-refractivity contribution in [3.05, 3.63) is 35.5 Å². The van der Waals surface area contributed by atoms with Gasteiger partial charge in [0.05, 0.1) is 18.9 Å². The van der Waals surface area contributed by atoms with Crippen LogP contribution in [0.3, 0.4) is 0 Å². The van der Waals surface area contributed by atoms with Crippen molar-refractivity contribution in [2.24, 2.45) is 0 Å². The van der Waals surface area contributed by atoms with Crippen LogP contribution in [0.1, 0.15) is 87.8 Å². The Morgan fingerprint density at radius 1 is 0.923 bits per heavy atom. The number of ether oxygens (including phenoxy) is 1. The van der Waals surface area contributed by atoms with Crippen LogP contribution in [0.4, 0.5) is 17.6 Å². The van der Waals surface area contributed by atoms with Crippen molar-refractivity contribution >= 4 is 28.7 Å². The van der Waals surface area contributed by atoms with Gasteiger partial charge in [0.1, 0.15) is 5.52 Å². The van der Waals surface area contributed by atoms with Gasteiger partial charge in [-0.05, 0) is 89.9 Å². The largest absolute Gasteiger partial charge is 0.377 e. The number of hydrogen-bond donors (Lipinski definition) is 2. The zero-order valence-corrected chi connectivity index (χ0v) is 23.8. The quantitative estimate of drug-likeness (QED) is 0.325. The molecule has 1 aromatic carbocycles. The predicted molar refractivity (Wildman–Crippen MR) is 158 cm³/mol. The molecule has 2 saturated carbocycles. The molecule has 3 heterocycles. The Morgan fingerprint density at radius 2 is 1.72 bits per heavy atom. The van der Waals surface area contributed by atoms with Crippen molar-refractivity contribution in [2.75, 3.05) is 36.9 Å². The molecule has 0 bridgehead atoms. The first kappa shape index (κ1) is 26.5. The van der Waals surface area contributed by atoms with Crippen molar-refractivity contribution in [3.63, 3.8) is 0 Å². The number of nitrogens with one attached hydrogen (secondary N) is 2. The van der Waals surface area contributed by atoms with E-state index in [-0.39, 0.29) is 0 Å². The molecule has 2 N–H and O–H groups in total. The lowest BCUT2D eigenvalue weighted by Gasteiger charge is -2.31. The van der Waals surface area contributed by atoms with Gasteiger partial charge in [-0.2, -0.15) is 4.98 Å². The Morgan fingerprint density at radius 3 is 2.49 bits per heavy atom. The number of benzene rings is 1. The SMILES string of the molecule is Cc1ccc(Nc2nc3cnc(N[C@H]4CC[C@H](OCCN5CCCCC5)CC4)nc3n2C2CCCC2)c(C)c1. The first-order chi connectivity index (χ1) is 19.1. The number of hydrogen-bond acceptors (Lipinski definition) is 7. The minimum absolute atomic E-state index is 0.388. The normalized spacial score (nSPS) is 22.9. The number of rotatable bonds is 9. The van der Waals surface area contributed by atoms with E-state index < -0.39 is 0 Å². The molecule has 3 fully saturated rings. The third-order valence-electron chi connectivity index (χ3n) is 8.97. The van der Waals surface area contributed by atoms with E-state index in [1.165, 1.54) is 69.2 Å². The minimum Gasteiger partial charge on any atom is -0.377 e. The molecule has 3 aromatic rings. The Kier molecular flexibility index (Phi) is 8.30. The highest BCUT2D eigenvalue weighted by Crippen LogP contribution is 2.36. The second kappa shape index (κ2) is 12.2. The molecule has 2 aliphatic carbocycles. The van der Waals surface area contributed by atoms with Gasteiger partial charge in [0.2, 0.25) is 11.9 Å². The Balaban J connectivity index is 1.11. The van der Waals surface area contributed by atoms with Crippen LogP contribution in [-0.4, -0.2) is 62.8 Å². The van der Waals surface area contributed by atoms with Crippen LogP contribution in [0.25, 0.3) is 11.2 Å². The maximum atomic E-state index is 6.26. The van der Waals surface area contributed by atoms with E-state index in [1.54, 1.807) is 0 Å². The molecule has 210 valence electrons. The lowest BCUT2D eigenvalue weighted by molar-refractivity contribution is 0.0123. The van der Waals surface area contributed by atoms with Crippen LogP contribution in [-0.2, 0) is 4.74 Å². The van der Waals surface area contributed by atoms with Gasteiger partial charge < -0.3 is 20.3 Å². The molecular weight excluding hydrogens is 486 g/mol. The highest BCUT2D eigenvalue weighted by atomic mass is 16.5. The Bertz CT molecular complexity index is 1240. The summed E-state index contributed by atoms with van der Waals surface area (Å²) in [7, 11) is 0. The average Bonchev–Trinajstić information content (AvgIpc) is 3.59. The monoisotopic (exact) mass is 531 g/mol. The third-order valence-corrected chi connectivity index (χ3v) is 8.97. The molecule has 39 heavy (non-hydrogen) atoms. The number of anilines is 3. The number of fused-ring (bicyclic) bond motifs is 1. The number of aromatic nitrogens is 4. The number of aryl methyl sites for hydroxylation is 2. The Hall–Kier alpha value is -2.71. The molecule has 6 rings (SSSR count). The van der Waals surface area contributed by atoms with Gasteiger partial charge in [0, 0.05) is 24.3 Å². The van der Waals surface area contributed by atoms with E-state index in [1.807, 2.05) is 6.20 Å². The van der Waals surface area contributed by atoms with Crippen LogP contribution < -0.4 is 10.6 Å². The summed E-state index contributed by atoms with van der Waals surface area (Å²) >= 11 is 0. The molecule has 8 heteroatoms. The first-order valence-corrected chi connectivity index (χ1v) is 15.3. The van der Waals surface area contributed by atoms with Crippen LogP contribution in [0, 0.1) is 13.8 Å². The highest BCUT2D eigenvalue weighted by Gasteiger charge is 2.26. The molecule has 0 unspecified atom stereocenters. The highest BCUT2D eigenvalue weighted by molar-refractivity contribution is 5.77. The zero-order valence-electron chi connectivity index (χ0n) is 23.8. The summed E-state index contributed by atoms with van der Waals surface area (Å²) < 4.78 is 8.60. The summed E-state index contributed by atoms with van der Waals surface area (Å²) in [6.45, 7) is 8.71. The van der Waals surface area contributed by atoms with E-state index in [9.17, 15) is 0 Å². The molecule has 0 amide bonds. The van der Waals surface area contributed by atoms with E-state index in [0.29, 0.717) is 24.1 Å². The summed E-state index contributed by atoms with van der Waals surface area (Å²) in [6, 6.07) is 7.31. The average molecular weight is 532 g/mol. The first-order valence-electron chi connectivity index (χ1n) is 15.3. The molecule has 2 aromatic heterocycles. The van der Waals surface area contributed by atoms with Crippen molar-refractivity contribution in [1.29, 1.82) is 0 Å². The third kappa shape index (κ3) is 6.38. The zero-order chi connectivity index (χ0) is 26.6. The van der Waals surface area contributed by atoms with Crippen molar-refractivity contribution in [3.8, 4) is 0 Å². The lowest BCUT2D eigenvalue weighted by atomic mass is 9.93. The van der Waals surface area contributed by atoms with Gasteiger partial charge in [-0.3, -0.25) is 4.57 Å². The van der Waals surface area contributed by atoms with E-state index in [4.69, 9.17) is 14.7 Å². The fraction of sp³-hybridized carbons (Fsp3) is 0.645. The standard InChI is InChI=1S/C31H45N7O/c1-22-10-15-27(23(2)20-22)34-31-35-28-21-32-30(36-29(28)38(31)25-8-4-5-9-25)33-24-11-13-26(14-12-24)39-19-18-37-16-6-3-7-17-37/h10,15,20-21,24-26H,3-9,11-14,16-19H2,1-2H3,(H,34,35)(H,32,33,36)/t24-,26-. The van der Waals surface area contributed by atoms with Crippen LogP contribution >= 0.6 is 0 Å². The molecule has 0 radical (unpaired) electrons. The van der Waals surface area contributed by atoms with Crippen LogP contribution in [0.2, 0.25) is 0 Å². The number of likely N-dealkylation sites (tertiary alicyclic amines) is 1. The molecule has 0 atom stereocenters. The summed E-state index contributed by atoms with van der Waals surface area (Å²) in [6.07, 6.45) is 15.6. The van der Waals surface area contributed by atoms with Gasteiger partial charge >= 0.3 is 0 Å². The van der Waals surface area contributed by atoms with E-state index in [2.05, 4.69) is 57.1 Å². The van der Waals surface area contributed by atoms with Crippen LogP contribution in [0.15, 0.2) is 24.4 Å². The molecular formula is C31H45N7O. The summed E-state index contributed by atoms with van der Waals surface area (Å²) in [5.41, 5.74) is 5.37. The lowest BCUT2D eigenvalue weighted by Crippen LogP contribution is -2.35. The summed E-state index contributed by atoms with van der Waals surface area (Å²) in [5, 5.41) is 7.27. The molecule has 3 aliphatic rings. The topological polar surface area (TPSA) is 80.1 Å². The maximum Gasteiger partial charge on any atom is 0.224 e. The van der Waals surface area contributed by atoms with Crippen molar-refractivity contribution < 1.29 is 4.74 Å². The van der Waals surface area contributed by atoms with Gasteiger partial charge in [0.15, 0.2) is 5.65 Å². The fourth-order valence-corrected chi connectivity index (χ4v) is 6.72. The predicted octanol–water partition coefficient (Wildman–Crippen LogP) is 6.53.